The van der Waals surface area contributed by atoms with Crippen molar-refractivity contribution in [3.63, 3.8) is 0 Å². The zero-order valence-corrected chi connectivity index (χ0v) is 11.8. The number of pyridine rings is 1. The van der Waals surface area contributed by atoms with E-state index in [1.165, 1.54) is 12.3 Å². The van der Waals surface area contributed by atoms with Gasteiger partial charge >= 0.3 is 0 Å². The number of para-hydroxylation sites is 1. The van der Waals surface area contributed by atoms with Crippen LogP contribution in [-0.2, 0) is 0 Å². The van der Waals surface area contributed by atoms with Crippen molar-refractivity contribution in [1.82, 2.24) is 10.3 Å². The summed E-state index contributed by atoms with van der Waals surface area (Å²) in [4.78, 5) is 16.1. The van der Waals surface area contributed by atoms with Crippen LogP contribution in [0.4, 0.5) is 0 Å². The molecule has 1 aromatic carbocycles. The van der Waals surface area contributed by atoms with Crippen molar-refractivity contribution in [2.24, 2.45) is 0 Å². The van der Waals surface area contributed by atoms with E-state index in [1.54, 1.807) is 0 Å². The Kier molecular flexibility index (Phi) is 3.51. The second-order valence-corrected chi connectivity index (χ2v) is 5.16. The lowest BCUT2D eigenvalue weighted by Gasteiger charge is -2.12. The van der Waals surface area contributed by atoms with Crippen molar-refractivity contribution < 1.29 is 9.53 Å². The summed E-state index contributed by atoms with van der Waals surface area (Å²) in [7, 11) is 0. The summed E-state index contributed by atoms with van der Waals surface area (Å²) in [5.74, 6) is 0.487. The van der Waals surface area contributed by atoms with E-state index in [2.05, 4.69) is 10.3 Å². The lowest BCUT2D eigenvalue weighted by Crippen LogP contribution is -2.29. The van der Waals surface area contributed by atoms with Gasteiger partial charge in [0.25, 0.3) is 5.91 Å². The SMILES string of the molecule is O=C(NC1COc2ccccc21)c1cc(Cl)ncc1Cl. The normalized spacial score (nSPS) is 16.4. The average molecular weight is 309 g/mol. The molecule has 0 radical (unpaired) electrons. The maximum atomic E-state index is 12.2. The summed E-state index contributed by atoms with van der Waals surface area (Å²) in [6.07, 6.45) is 1.36. The number of ether oxygens (including phenoxy) is 1. The number of carbonyl (C=O) groups is 1. The van der Waals surface area contributed by atoms with Gasteiger partial charge in [-0.05, 0) is 12.1 Å². The third-order valence-corrected chi connectivity index (χ3v) is 3.58. The van der Waals surface area contributed by atoms with Gasteiger partial charge in [0.1, 0.15) is 17.5 Å². The molecule has 2 heterocycles. The van der Waals surface area contributed by atoms with Gasteiger partial charge in [0.15, 0.2) is 0 Å². The van der Waals surface area contributed by atoms with Gasteiger partial charge in [-0.1, -0.05) is 41.4 Å². The van der Waals surface area contributed by atoms with E-state index >= 15 is 0 Å². The average Bonchev–Trinajstić information content (AvgIpc) is 2.85. The Morgan fingerprint density at radius 3 is 3.00 bits per heavy atom. The highest BCUT2D eigenvalue weighted by molar-refractivity contribution is 6.35. The van der Waals surface area contributed by atoms with Gasteiger partial charge in [-0.2, -0.15) is 0 Å². The fourth-order valence-electron chi connectivity index (χ4n) is 2.11. The van der Waals surface area contributed by atoms with Crippen LogP contribution >= 0.6 is 23.2 Å². The molecule has 1 aromatic heterocycles. The Hall–Kier alpha value is -1.78. The maximum Gasteiger partial charge on any atom is 0.253 e. The number of nitrogens with zero attached hydrogens (tertiary/aromatic N) is 1. The second kappa shape index (κ2) is 5.31. The number of hydrogen-bond donors (Lipinski definition) is 1. The Morgan fingerprint density at radius 1 is 1.35 bits per heavy atom. The highest BCUT2D eigenvalue weighted by Gasteiger charge is 2.26. The fourth-order valence-corrected chi connectivity index (χ4v) is 2.45. The molecule has 1 unspecified atom stereocenters. The minimum Gasteiger partial charge on any atom is -0.491 e. The number of nitrogens with one attached hydrogen (secondary N) is 1. The number of halogens is 2. The summed E-state index contributed by atoms with van der Waals surface area (Å²) in [5, 5.41) is 3.37. The molecular weight excluding hydrogens is 299 g/mol. The number of benzene rings is 1. The van der Waals surface area contributed by atoms with E-state index in [0.717, 1.165) is 11.3 Å². The predicted molar refractivity (Wildman–Crippen MR) is 76.4 cm³/mol. The first-order valence-electron chi connectivity index (χ1n) is 5.99. The molecule has 6 heteroatoms. The van der Waals surface area contributed by atoms with Gasteiger partial charge in [-0.3, -0.25) is 4.79 Å². The Labute approximate surface area is 125 Å². The first kappa shape index (κ1) is 13.2. The third-order valence-electron chi connectivity index (χ3n) is 3.07. The van der Waals surface area contributed by atoms with Crippen molar-refractivity contribution in [2.45, 2.75) is 6.04 Å². The number of fused-ring (bicyclic) bond motifs is 1. The van der Waals surface area contributed by atoms with Crippen LogP contribution in [0.25, 0.3) is 0 Å². The minimum atomic E-state index is -0.301. The lowest BCUT2D eigenvalue weighted by atomic mass is 10.1. The van der Waals surface area contributed by atoms with E-state index in [0.29, 0.717) is 12.2 Å². The molecule has 0 saturated heterocycles. The zero-order chi connectivity index (χ0) is 14.1. The standard InChI is InChI=1S/C14H10Cl2N2O2/c15-10-6-17-13(16)5-9(10)14(19)18-11-7-20-12-4-2-1-3-8(11)12/h1-6,11H,7H2,(H,18,19). The quantitative estimate of drug-likeness (QED) is 0.866. The molecular formula is C14H10Cl2N2O2. The first-order chi connectivity index (χ1) is 9.65. The van der Waals surface area contributed by atoms with Crippen molar-refractivity contribution in [2.75, 3.05) is 6.61 Å². The van der Waals surface area contributed by atoms with Gasteiger partial charge in [0.05, 0.1) is 16.6 Å². The molecule has 1 amide bonds. The highest BCUT2D eigenvalue weighted by atomic mass is 35.5. The lowest BCUT2D eigenvalue weighted by molar-refractivity contribution is 0.0930. The molecule has 1 N–H and O–H groups in total. The van der Waals surface area contributed by atoms with Crippen LogP contribution in [0.2, 0.25) is 10.2 Å². The maximum absolute atomic E-state index is 12.2. The Balaban J connectivity index is 1.82. The number of carbonyl (C=O) groups excluding carboxylic acids is 1. The van der Waals surface area contributed by atoms with Crippen molar-refractivity contribution >= 4 is 29.1 Å². The molecule has 1 aliphatic heterocycles. The predicted octanol–water partition coefficient (Wildman–Crippen LogP) is 3.25. The summed E-state index contributed by atoms with van der Waals surface area (Å²) in [6, 6.07) is 8.85. The molecule has 1 aliphatic rings. The number of hydrogen-bond acceptors (Lipinski definition) is 3. The molecule has 0 bridgehead atoms. The molecule has 1 atom stereocenters. The van der Waals surface area contributed by atoms with Gasteiger partial charge in [-0.15, -0.1) is 0 Å². The number of amides is 1. The van der Waals surface area contributed by atoms with Crippen LogP contribution in [0, 0.1) is 0 Å². The molecule has 20 heavy (non-hydrogen) atoms. The van der Waals surface area contributed by atoms with Crippen LogP contribution < -0.4 is 10.1 Å². The number of rotatable bonds is 2. The molecule has 102 valence electrons. The van der Waals surface area contributed by atoms with Gasteiger partial charge in [-0.25, -0.2) is 4.98 Å². The van der Waals surface area contributed by atoms with Gasteiger partial charge in [0.2, 0.25) is 0 Å². The second-order valence-electron chi connectivity index (χ2n) is 4.36. The van der Waals surface area contributed by atoms with Crippen LogP contribution in [0.1, 0.15) is 22.0 Å². The fraction of sp³-hybridized carbons (Fsp3) is 0.143. The molecule has 0 fully saturated rings. The zero-order valence-electron chi connectivity index (χ0n) is 10.3. The third kappa shape index (κ3) is 2.44. The Bertz CT molecular complexity index is 676. The topological polar surface area (TPSA) is 51.2 Å². The molecule has 0 aliphatic carbocycles. The highest BCUT2D eigenvalue weighted by Crippen LogP contribution is 2.32. The van der Waals surface area contributed by atoms with Crippen molar-refractivity contribution in [3.8, 4) is 5.75 Å². The van der Waals surface area contributed by atoms with Crippen LogP contribution in [0.5, 0.6) is 5.75 Å². The van der Waals surface area contributed by atoms with Crippen LogP contribution in [-0.4, -0.2) is 17.5 Å². The number of aromatic nitrogens is 1. The molecule has 3 rings (SSSR count). The summed E-state index contributed by atoms with van der Waals surface area (Å²) in [5.41, 5.74) is 1.26. The smallest absolute Gasteiger partial charge is 0.253 e. The molecule has 0 saturated carbocycles. The van der Waals surface area contributed by atoms with Crippen LogP contribution in [0.3, 0.4) is 0 Å². The van der Waals surface area contributed by atoms with E-state index in [4.69, 9.17) is 27.9 Å². The monoisotopic (exact) mass is 308 g/mol. The Morgan fingerprint density at radius 2 is 2.15 bits per heavy atom. The summed E-state index contributed by atoms with van der Waals surface area (Å²) < 4.78 is 5.52. The van der Waals surface area contributed by atoms with E-state index in [1.807, 2.05) is 24.3 Å². The van der Waals surface area contributed by atoms with E-state index in [-0.39, 0.29) is 22.1 Å². The molecule has 2 aromatic rings. The van der Waals surface area contributed by atoms with Crippen molar-refractivity contribution in [3.05, 3.63) is 57.8 Å². The van der Waals surface area contributed by atoms with Gasteiger partial charge < -0.3 is 10.1 Å². The van der Waals surface area contributed by atoms with Crippen LogP contribution in [0.15, 0.2) is 36.5 Å². The van der Waals surface area contributed by atoms with E-state index in [9.17, 15) is 4.79 Å². The summed E-state index contributed by atoms with van der Waals surface area (Å²) >= 11 is 11.7. The molecule has 4 nitrogen and oxygen atoms in total. The van der Waals surface area contributed by atoms with E-state index < -0.39 is 0 Å². The minimum absolute atomic E-state index is 0.193. The summed E-state index contributed by atoms with van der Waals surface area (Å²) in [6.45, 7) is 0.404. The largest absolute Gasteiger partial charge is 0.491 e. The first-order valence-corrected chi connectivity index (χ1v) is 6.74. The molecule has 0 spiro atoms. The van der Waals surface area contributed by atoms with Gasteiger partial charge in [0, 0.05) is 11.8 Å². The van der Waals surface area contributed by atoms with Crippen molar-refractivity contribution in [1.29, 1.82) is 0 Å².